The third kappa shape index (κ3) is 2.81. The molecule has 7 heteroatoms. The van der Waals surface area contributed by atoms with Crippen LogP contribution in [-0.4, -0.2) is 15.7 Å². The lowest BCUT2D eigenvalue weighted by atomic mass is 10.0. The number of nitriles is 1. The maximum Gasteiger partial charge on any atom is 0.416 e. The van der Waals surface area contributed by atoms with Gasteiger partial charge in [-0.15, -0.1) is 0 Å². The van der Waals surface area contributed by atoms with E-state index in [1.165, 1.54) is 12.1 Å². The van der Waals surface area contributed by atoms with Crippen molar-refractivity contribution in [2.45, 2.75) is 6.18 Å². The number of hydrogen-bond donors (Lipinski definition) is 0. The molecular weight excluding hydrogens is 389 g/mol. The number of fused-ring (bicyclic) bond motifs is 4. The van der Waals surface area contributed by atoms with E-state index < -0.39 is 11.7 Å². The summed E-state index contributed by atoms with van der Waals surface area (Å²) in [4.78, 5) is 13.3. The normalized spacial score (nSPS) is 13.9. The molecule has 0 amide bonds. The Morgan fingerprint density at radius 3 is 2.13 bits per heavy atom. The van der Waals surface area contributed by atoms with Crippen molar-refractivity contribution in [2.24, 2.45) is 4.99 Å². The van der Waals surface area contributed by atoms with Crippen molar-refractivity contribution in [3.8, 4) is 28.6 Å². The molecular formula is C23H11F3N4. The molecule has 1 heterocycles. The molecule has 5 rings (SSSR count). The molecule has 0 bridgehead atoms. The molecule has 1 aliphatic carbocycles. The fourth-order valence-electron chi connectivity index (χ4n) is 3.63. The van der Waals surface area contributed by atoms with Gasteiger partial charge >= 0.3 is 6.18 Å². The van der Waals surface area contributed by atoms with Crippen LogP contribution >= 0.6 is 0 Å². The molecule has 4 aromatic rings. The summed E-state index contributed by atoms with van der Waals surface area (Å²) < 4.78 is 38.5. The topological polar surface area (TPSA) is 61.9 Å². The van der Waals surface area contributed by atoms with Crippen LogP contribution in [0.3, 0.4) is 0 Å². The molecule has 0 unspecified atom stereocenters. The molecule has 3 aromatic carbocycles. The van der Waals surface area contributed by atoms with Crippen LogP contribution in [-0.2, 0) is 6.18 Å². The zero-order valence-electron chi connectivity index (χ0n) is 15.3. The number of hydrogen-bond acceptors (Lipinski definition) is 4. The van der Waals surface area contributed by atoms with E-state index in [0.717, 1.165) is 28.8 Å². The average Bonchev–Trinajstić information content (AvgIpc) is 3.05. The molecule has 0 radical (unpaired) electrons. The summed E-state index contributed by atoms with van der Waals surface area (Å²) in [5.41, 5.74) is 5.24. The summed E-state index contributed by atoms with van der Waals surface area (Å²) in [6.45, 7) is 0. The van der Waals surface area contributed by atoms with E-state index in [1.54, 1.807) is 18.2 Å². The maximum atomic E-state index is 12.8. The number of aromatic nitrogens is 2. The first-order valence-corrected chi connectivity index (χ1v) is 9.02. The number of alkyl halides is 3. The number of aliphatic imine (C=N–C) groups is 1. The highest BCUT2D eigenvalue weighted by molar-refractivity contribution is 6.23. The molecule has 0 N–H and O–H groups in total. The van der Waals surface area contributed by atoms with Gasteiger partial charge in [0.1, 0.15) is 11.4 Å². The van der Waals surface area contributed by atoms with E-state index in [0.29, 0.717) is 33.7 Å². The van der Waals surface area contributed by atoms with Gasteiger partial charge in [0, 0.05) is 11.1 Å². The van der Waals surface area contributed by atoms with Gasteiger partial charge in [0.2, 0.25) is 6.19 Å². The molecule has 30 heavy (non-hydrogen) atoms. The minimum absolute atomic E-state index is 0.490. The Morgan fingerprint density at radius 1 is 0.767 bits per heavy atom. The van der Waals surface area contributed by atoms with Gasteiger partial charge in [-0.1, -0.05) is 42.5 Å². The minimum Gasteiger partial charge on any atom is -0.244 e. The third-order valence-electron chi connectivity index (χ3n) is 5.03. The van der Waals surface area contributed by atoms with Gasteiger partial charge < -0.3 is 0 Å². The molecule has 144 valence electrons. The fraction of sp³-hybridized carbons (Fsp3) is 0.0435. The molecule has 4 nitrogen and oxygen atoms in total. The van der Waals surface area contributed by atoms with Crippen molar-refractivity contribution in [3.05, 3.63) is 83.6 Å². The van der Waals surface area contributed by atoms with E-state index in [4.69, 9.17) is 10.2 Å². The predicted molar refractivity (Wildman–Crippen MR) is 107 cm³/mol. The van der Waals surface area contributed by atoms with Crippen LogP contribution in [0.2, 0.25) is 0 Å². The highest BCUT2D eigenvalue weighted by Crippen LogP contribution is 2.36. The largest absolute Gasteiger partial charge is 0.416 e. The van der Waals surface area contributed by atoms with Crippen LogP contribution in [0.1, 0.15) is 16.8 Å². The Labute approximate surface area is 169 Å². The van der Waals surface area contributed by atoms with Gasteiger partial charge in [-0.05, 0) is 35.4 Å². The zero-order valence-corrected chi connectivity index (χ0v) is 15.3. The molecule has 0 aliphatic heterocycles. The van der Waals surface area contributed by atoms with Crippen molar-refractivity contribution in [1.82, 2.24) is 9.97 Å². The summed E-state index contributed by atoms with van der Waals surface area (Å²) in [5, 5.41) is 9.07. The summed E-state index contributed by atoms with van der Waals surface area (Å²) in [6, 6.07) is 17.9. The predicted octanol–water partition coefficient (Wildman–Crippen LogP) is 5.61. The van der Waals surface area contributed by atoms with Crippen molar-refractivity contribution in [1.29, 1.82) is 5.26 Å². The van der Waals surface area contributed by atoms with E-state index in [1.807, 2.05) is 30.5 Å². The van der Waals surface area contributed by atoms with Crippen molar-refractivity contribution >= 4 is 16.7 Å². The standard InChI is InChI=1S/C23H11F3N4/c24-23(25,26)15-8-5-13(6-9-15)14-7-10-18-19(11-14)30-21-17-4-2-1-3-16(17)20(28-12-27)22(21)29-18/h1-11H/b28-20+. The van der Waals surface area contributed by atoms with Crippen molar-refractivity contribution in [2.75, 3.05) is 0 Å². The number of nitrogens with zero attached hydrogens (tertiary/aromatic N) is 4. The van der Waals surface area contributed by atoms with E-state index in [2.05, 4.69) is 9.98 Å². The van der Waals surface area contributed by atoms with Crippen LogP contribution in [0.15, 0.2) is 71.7 Å². The SMILES string of the molecule is N#C/N=C1\c2ccccc2-c2nc3cc(-c4ccc(C(F)(F)F)cc4)ccc3nc21. The second kappa shape index (κ2) is 6.49. The van der Waals surface area contributed by atoms with Crippen molar-refractivity contribution < 1.29 is 13.2 Å². The van der Waals surface area contributed by atoms with Gasteiger partial charge in [0.15, 0.2) is 0 Å². The Bertz CT molecular complexity index is 1380. The second-order valence-corrected chi connectivity index (χ2v) is 6.81. The lowest BCUT2D eigenvalue weighted by Crippen LogP contribution is -2.04. The summed E-state index contributed by atoms with van der Waals surface area (Å²) in [7, 11) is 0. The fourth-order valence-corrected chi connectivity index (χ4v) is 3.63. The second-order valence-electron chi connectivity index (χ2n) is 6.81. The lowest BCUT2D eigenvalue weighted by molar-refractivity contribution is -0.137. The monoisotopic (exact) mass is 400 g/mol. The Kier molecular flexibility index (Phi) is 3.90. The molecule has 0 fully saturated rings. The zero-order chi connectivity index (χ0) is 20.9. The molecule has 0 saturated heterocycles. The van der Waals surface area contributed by atoms with Gasteiger partial charge in [-0.25, -0.2) is 9.97 Å². The van der Waals surface area contributed by atoms with Crippen LogP contribution in [0, 0.1) is 11.5 Å². The minimum atomic E-state index is -4.37. The first kappa shape index (κ1) is 18.0. The number of benzene rings is 3. The Balaban J connectivity index is 1.64. The molecule has 0 saturated carbocycles. The van der Waals surface area contributed by atoms with E-state index in [9.17, 15) is 13.2 Å². The quantitative estimate of drug-likeness (QED) is 0.343. The number of halogens is 3. The van der Waals surface area contributed by atoms with Crippen LogP contribution < -0.4 is 0 Å². The number of rotatable bonds is 1. The molecule has 1 aliphatic rings. The molecule has 0 atom stereocenters. The Hall–Kier alpha value is -4.05. The van der Waals surface area contributed by atoms with Crippen LogP contribution in [0.5, 0.6) is 0 Å². The first-order valence-electron chi connectivity index (χ1n) is 9.02. The summed E-state index contributed by atoms with van der Waals surface area (Å²) >= 11 is 0. The van der Waals surface area contributed by atoms with Gasteiger partial charge in [0.05, 0.1) is 22.3 Å². The third-order valence-corrected chi connectivity index (χ3v) is 5.03. The maximum absolute atomic E-state index is 12.8. The van der Waals surface area contributed by atoms with Gasteiger partial charge in [0.25, 0.3) is 0 Å². The smallest absolute Gasteiger partial charge is 0.244 e. The van der Waals surface area contributed by atoms with Crippen molar-refractivity contribution in [3.63, 3.8) is 0 Å². The lowest BCUT2D eigenvalue weighted by Gasteiger charge is -2.09. The van der Waals surface area contributed by atoms with Crippen LogP contribution in [0.4, 0.5) is 13.2 Å². The molecule has 0 spiro atoms. The first-order chi connectivity index (χ1) is 14.5. The van der Waals surface area contributed by atoms with Gasteiger partial charge in [-0.3, -0.25) is 0 Å². The average molecular weight is 400 g/mol. The van der Waals surface area contributed by atoms with E-state index in [-0.39, 0.29) is 0 Å². The van der Waals surface area contributed by atoms with Crippen LogP contribution in [0.25, 0.3) is 33.4 Å². The van der Waals surface area contributed by atoms with E-state index >= 15 is 0 Å². The summed E-state index contributed by atoms with van der Waals surface area (Å²) in [6.07, 6.45) is -2.55. The Morgan fingerprint density at radius 2 is 1.43 bits per heavy atom. The van der Waals surface area contributed by atoms with Gasteiger partial charge in [-0.2, -0.15) is 23.4 Å². The molecule has 1 aromatic heterocycles. The summed E-state index contributed by atoms with van der Waals surface area (Å²) in [5.74, 6) is 0. The highest BCUT2D eigenvalue weighted by atomic mass is 19.4. The highest BCUT2D eigenvalue weighted by Gasteiger charge is 2.30.